The summed E-state index contributed by atoms with van der Waals surface area (Å²) in [6.07, 6.45) is 2.75. The zero-order chi connectivity index (χ0) is 11.2. The van der Waals surface area contributed by atoms with E-state index in [4.69, 9.17) is 0 Å². The fraction of sp³-hybridized carbons (Fsp3) is 0.692. The Morgan fingerprint density at radius 2 is 2.41 bits per heavy atom. The zero-order valence-corrected chi connectivity index (χ0v) is 12.2. The molecule has 0 aromatic carbocycles. The summed E-state index contributed by atoms with van der Waals surface area (Å²) >= 11 is 1.87. The lowest BCUT2D eigenvalue weighted by molar-refractivity contribution is 0.211. The first-order valence-corrected chi connectivity index (χ1v) is 7.22. The van der Waals surface area contributed by atoms with Crippen LogP contribution in [0.5, 0.6) is 0 Å². The highest BCUT2D eigenvalue weighted by Crippen LogP contribution is 2.16. The molecule has 0 aliphatic carbocycles. The average molecular weight is 275 g/mol. The Balaban J connectivity index is 0.00000144. The van der Waals surface area contributed by atoms with E-state index in [2.05, 4.69) is 34.7 Å². The van der Waals surface area contributed by atoms with Gasteiger partial charge in [-0.3, -0.25) is 4.90 Å². The van der Waals surface area contributed by atoms with Gasteiger partial charge in [0.05, 0.1) is 0 Å². The molecule has 1 atom stereocenters. The minimum atomic E-state index is 0. The monoisotopic (exact) mass is 274 g/mol. The predicted molar refractivity (Wildman–Crippen MR) is 78.1 cm³/mol. The molecule has 0 amide bonds. The van der Waals surface area contributed by atoms with Gasteiger partial charge >= 0.3 is 0 Å². The summed E-state index contributed by atoms with van der Waals surface area (Å²) < 4.78 is 0. The summed E-state index contributed by atoms with van der Waals surface area (Å²) in [5, 5.41) is 5.67. The standard InChI is InChI=1S/C13H22N2S.ClH/c1-2-15(11-13-6-4-8-16-13)10-12-5-3-7-14-9-12;/h4,6,8,12,14H,2-3,5,7,9-11H2,1H3;1H. The molecule has 1 aliphatic heterocycles. The third-order valence-corrected chi connectivity index (χ3v) is 4.18. The topological polar surface area (TPSA) is 15.3 Å². The van der Waals surface area contributed by atoms with E-state index in [-0.39, 0.29) is 12.4 Å². The maximum atomic E-state index is 3.50. The van der Waals surface area contributed by atoms with Gasteiger partial charge in [0, 0.05) is 18.0 Å². The fourth-order valence-electron chi connectivity index (χ4n) is 2.37. The maximum Gasteiger partial charge on any atom is 0.0327 e. The van der Waals surface area contributed by atoms with Crippen LogP contribution in [0.15, 0.2) is 17.5 Å². The Morgan fingerprint density at radius 1 is 1.53 bits per heavy atom. The molecule has 0 radical (unpaired) electrons. The van der Waals surface area contributed by atoms with Gasteiger partial charge in [-0.15, -0.1) is 23.7 Å². The molecule has 1 saturated heterocycles. The van der Waals surface area contributed by atoms with Gasteiger partial charge in [0.2, 0.25) is 0 Å². The van der Waals surface area contributed by atoms with E-state index in [1.807, 2.05) is 11.3 Å². The van der Waals surface area contributed by atoms with Crippen LogP contribution in [0.3, 0.4) is 0 Å². The lowest BCUT2D eigenvalue weighted by Gasteiger charge is -2.29. The summed E-state index contributed by atoms with van der Waals surface area (Å²) in [5.74, 6) is 0.855. The van der Waals surface area contributed by atoms with Gasteiger partial charge in [0.25, 0.3) is 0 Å². The minimum absolute atomic E-state index is 0. The van der Waals surface area contributed by atoms with Crippen molar-refractivity contribution in [1.29, 1.82) is 0 Å². The van der Waals surface area contributed by atoms with Crippen molar-refractivity contribution < 1.29 is 0 Å². The number of nitrogens with zero attached hydrogens (tertiary/aromatic N) is 1. The van der Waals surface area contributed by atoms with Crippen LogP contribution in [0, 0.1) is 5.92 Å². The fourth-order valence-corrected chi connectivity index (χ4v) is 3.12. The first-order chi connectivity index (χ1) is 7.88. The third-order valence-electron chi connectivity index (χ3n) is 3.32. The number of hydrogen-bond donors (Lipinski definition) is 1. The normalized spacial score (nSPS) is 20.2. The summed E-state index contributed by atoms with van der Waals surface area (Å²) in [7, 11) is 0. The SMILES string of the molecule is CCN(Cc1cccs1)CC1CCCNC1.Cl. The van der Waals surface area contributed by atoms with E-state index < -0.39 is 0 Å². The Morgan fingerprint density at radius 3 is 3.00 bits per heavy atom. The highest BCUT2D eigenvalue weighted by molar-refractivity contribution is 7.09. The van der Waals surface area contributed by atoms with Crippen LogP contribution >= 0.6 is 23.7 Å². The molecular formula is C13H23ClN2S. The van der Waals surface area contributed by atoms with Crippen molar-refractivity contribution in [2.45, 2.75) is 26.3 Å². The largest absolute Gasteiger partial charge is 0.316 e. The van der Waals surface area contributed by atoms with Crippen LogP contribution in [-0.4, -0.2) is 31.1 Å². The van der Waals surface area contributed by atoms with Crippen molar-refractivity contribution in [1.82, 2.24) is 10.2 Å². The summed E-state index contributed by atoms with van der Waals surface area (Å²) in [6.45, 7) is 8.23. The number of hydrogen-bond acceptors (Lipinski definition) is 3. The smallest absolute Gasteiger partial charge is 0.0327 e. The lowest BCUT2D eigenvalue weighted by Crippen LogP contribution is -2.37. The Bertz CT molecular complexity index is 284. The van der Waals surface area contributed by atoms with E-state index in [1.54, 1.807) is 0 Å². The van der Waals surface area contributed by atoms with Crippen LogP contribution in [0.25, 0.3) is 0 Å². The number of piperidine rings is 1. The molecule has 17 heavy (non-hydrogen) atoms. The molecule has 4 heteroatoms. The van der Waals surface area contributed by atoms with Crippen LogP contribution < -0.4 is 5.32 Å². The van der Waals surface area contributed by atoms with Gasteiger partial charge in [-0.2, -0.15) is 0 Å². The van der Waals surface area contributed by atoms with Crippen molar-refractivity contribution in [2.75, 3.05) is 26.2 Å². The number of thiophene rings is 1. The van der Waals surface area contributed by atoms with Crippen molar-refractivity contribution in [3.63, 3.8) is 0 Å². The molecule has 98 valence electrons. The number of halogens is 1. The van der Waals surface area contributed by atoms with Crippen molar-refractivity contribution in [3.8, 4) is 0 Å². The van der Waals surface area contributed by atoms with E-state index >= 15 is 0 Å². The lowest BCUT2D eigenvalue weighted by atomic mass is 9.99. The summed E-state index contributed by atoms with van der Waals surface area (Å²) in [4.78, 5) is 4.06. The molecule has 1 aromatic heterocycles. The first kappa shape index (κ1) is 15.0. The molecular weight excluding hydrogens is 252 g/mol. The van der Waals surface area contributed by atoms with Crippen LogP contribution in [0.1, 0.15) is 24.6 Å². The molecule has 0 bridgehead atoms. The van der Waals surface area contributed by atoms with Gasteiger partial charge < -0.3 is 5.32 Å². The Kier molecular flexibility index (Phi) is 7.12. The molecule has 1 N–H and O–H groups in total. The van der Waals surface area contributed by atoms with E-state index in [0.29, 0.717) is 0 Å². The zero-order valence-electron chi connectivity index (χ0n) is 10.5. The van der Waals surface area contributed by atoms with E-state index in [1.165, 1.54) is 37.4 Å². The second kappa shape index (κ2) is 8.09. The number of rotatable bonds is 5. The molecule has 0 saturated carbocycles. The molecule has 2 nitrogen and oxygen atoms in total. The van der Waals surface area contributed by atoms with Crippen LogP contribution in [0.2, 0.25) is 0 Å². The highest BCUT2D eigenvalue weighted by Gasteiger charge is 2.16. The van der Waals surface area contributed by atoms with E-state index in [0.717, 1.165) is 19.0 Å². The van der Waals surface area contributed by atoms with Gasteiger partial charge in [0.15, 0.2) is 0 Å². The van der Waals surface area contributed by atoms with Crippen LogP contribution in [0.4, 0.5) is 0 Å². The second-order valence-electron chi connectivity index (χ2n) is 4.62. The Labute approximate surface area is 115 Å². The number of nitrogens with one attached hydrogen (secondary N) is 1. The maximum absolute atomic E-state index is 3.50. The van der Waals surface area contributed by atoms with Crippen LogP contribution in [-0.2, 0) is 6.54 Å². The summed E-state index contributed by atoms with van der Waals surface area (Å²) in [6, 6.07) is 4.39. The second-order valence-corrected chi connectivity index (χ2v) is 5.65. The first-order valence-electron chi connectivity index (χ1n) is 6.34. The van der Waals surface area contributed by atoms with Gasteiger partial charge in [0.1, 0.15) is 0 Å². The van der Waals surface area contributed by atoms with E-state index in [9.17, 15) is 0 Å². The predicted octanol–water partition coefficient (Wildman–Crippen LogP) is 2.99. The molecule has 0 spiro atoms. The highest BCUT2D eigenvalue weighted by atomic mass is 35.5. The third kappa shape index (κ3) is 4.96. The van der Waals surface area contributed by atoms with Gasteiger partial charge in [-0.1, -0.05) is 13.0 Å². The molecule has 2 rings (SSSR count). The molecule has 2 heterocycles. The van der Waals surface area contributed by atoms with Gasteiger partial charge in [-0.25, -0.2) is 0 Å². The van der Waals surface area contributed by atoms with Crippen molar-refractivity contribution in [3.05, 3.63) is 22.4 Å². The minimum Gasteiger partial charge on any atom is -0.316 e. The average Bonchev–Trinajstić information content (AvgIpc) is 2.82. The molecule has 1 aliphatic rings. The quantitative estimate of drug-likeness (QED) is 0.888. The van der Waals surface area contributed by atoms with Crippen molar-refractivity contribution >= 4 is 23.7 Å². The molecule has 1 unspecified atom stereocenters. The molecule has 1 fully saturated rings. The van der Waals surface area contributed by atoms with Gasteiger partial charge in [-0.05, 0) is 49.8 Å². The summed E-state index contributed by atoms with van der Waals surface area (Å²) in [5.41, 5.74) is 0. The Hall–Kier alpha value is -0.0900. The molecule has 1 aromatic rings. The van der Waals surface area contributed by atoms with Crippen molar-refractivity contribution in [2.24, 2.45) is 5.92 Å².